The molecular weight excluding hydrogens is 329 g/mol. The number of aliphatic hydroxyl groups excluding tert-OH is 1. The number of benzene rings is 1. The number of nitrogens with one attached hydrogen (secondary N) is 2. The second kappa shape index (κ2) is 9.23. The quantitative estimate of drug-likeness (QED) is 0.435. The fourth-order valence-electron chi connectivity index (χ4n) is 1.51. The van der Waals surface area contributed by atoms with Crippen LogP contribution in [0.25, 0.3) is 0 Å². The molecule has 0 aromatic heterocycles. The highest BCUT2D eigenvalue weighted by molar-refractivity contribution is 14.0. The standard InChI is InChI=1S/C12H19N3O.HI/c1-13-12(14-2)15-8-11(9-16)10-6-4-3-5-7-10;/h3-7,11,16H,8-9H2,1-2H3,(H2,13,14,15);1H. The number of rotatable bonds is 4. The zero-order chi connectivity index (χ0) is 11.8. The van der Waals surface area contributed by atoms with Crippen LogP contribution in [0.2, 0.25) is 0 Å². The van der Waals surface area contributed by atoms with Crippen LogP contribution in [0.1, 0.15) is 11.5 Å². The van der Waals surface area contributed by atoms with Gasteiger partial charge in [0, 0.05) is 26.6 Å². The van der Waals surface area contributed by atoms with Gasteiger partial charge in [0.05, 0.1) is 6.61 Å². The summed E-state index contributed by atoms with van der Waals surface area (Å²) in [4.78, 5) is 4.02. The smallest absolute Gasteiger partial charge is 0.190 e. The van der Waals surface area contributed by atoms with Crippen molar-refractivity contribution in [1.82, 2.24) is 10.6 Å². The summed E-state index contributed by atoms with van der Waals surface area (Å²) < 4.78 is 0. The van der Waals surface area contributed by atoms with Crippen LogP contribution in [0.5, 0.6) is 0 Å². The maximum atomic E-state index is 9.34. The molecule has 0 radical (unpaired) electrons. The van der Waals surface area contributed by atoms with E-state index in [1.54, 1.807) is 7.05 Å². The molecule has 0 fully saturated rings. The molecule has 1 rings (SSSR count). The van der Waals surface area contributed by atoms with Crippen molar-refractivity contribution in [3.63, 3.8) is 0 Å². The average molecular weight is 349 g/mol. The highest BCUT2D eigenvalue weighted by atomic mass is 127. The third-order valence-electron chi connectivity index (χ3n) is 2.47. The van der Waals surface area contributed by atoms with E-state index in [1.165, 1.54) is 0 Å². The van der Waals surface area contributed by atoms with Crippen molar-refractivity contribution in [1.29, 1.82) is 0 Å². The molecule has 0 bridgehead atoms. The molecule has 5 heteroatoms. The molecule has 0 spiro atoms. The Kier molecular flexibility index (Phi) is 8.79. The Morgan fingerprint density at radius 2 is 2.00 bits per heavy atom. The number of aliphatic imine (C=N–C) groups is 1. The minimum absolute atomic E-state index is 0. The zero-order valence-corrected chi connectivity index (χ0v) is 12.5. The summed E-state index contributed by atoms with van der Waals surface area (Å²) in [6.07, 6.45) is 0. The van der Waals surface area contributed by atoms with Gasteiger partial charge >= 0.3 is 0 Å². The van der Waals surface area contributed by atoms with E-state index in [0.29, 0.717) is 6.54 Å². The Morgan fingerprint density at radius 1 is 1.35 bits per heavy atom. The summed E-state index contributed by atoms with van der Waals surface area (Å²) in [5.41, 5.74) is 1.13. The van der Waals surface area contributed by atoms with Gasteiger partial charge in [-0.3, -0.25) is 4.99 Å². The summed E-state index contributed by atoms with van der Waals surface area (Å²) in [5, 5.41) is 15.4. The monoisotopic (exact) mass is 349 g/mol. The molecule has 17 heavy (non-hydrogen) atoms. The van der Waals surface area contributed by atoms with E-state index in [4.69, 9.17) is 0 Å². The van der Waals surface area contributed by atoms with Crippen LogP contribution in [-0.4, -0.2) is 38.3 Å². The van der Waals surface area contributed by atoms with Gasteiger partial charge in [0.25, 0.3) is 0 Å². The van der Waals surface area contributed by atoms with E-state index >= 15 is 0 Å². The van der Waals surface area contributed by atoms with Crippen LogP contribution in [-0.2, 0) is 0 Å². The van der Waals surface area contributed by atoms with Gasteiger partial charge in [-0.25, -0.2) is 0 Å². The van der Waals surface area contributed by atoms with Gasteiger partial charge in [-0.2, -0.15) is 0 Å². The first-order chi connectivity index (χ1) is 7.81. The molecule has 96 valence electrons. The number of aliphatic hydroxyl groups is 1. The Labute approximate surface area is 120 Å². The molecule has 1 unspecified atom stereocenters. The lowest BCUT2D eigenvalue weighted by molar-refractivity contribution is 0.265. The van der Waals surface area contributed by atoms with Gasteiger partial charge < -0.3 is 15.7 Å². The average Bonchev–Trinajstić information content (AvgIpc) is 2.36. The normalized spacial score (nSPS) is 12.5. The van der Waals surface area contributed by atoms with Crippen molar-refractivity contribution in [3.8, 4) is 0 Å². The Morgan fingerprint density at radius 3 is 2.47 bits per heavy atom. The summed E-state index contributed by atoms with van der Waals surface area (Å²) >= 11 is 0. The maximum absolute atomic E-state index is 9.34. The van der Waals surface area contributed by atoms with Crippen molar-refractivity contribution in [2.45, 2.75) is 5.92 Å². The number of halogens is 1. The minimum Gasteiger partial charge on any atom is -0.396 e. The Hall–Kier alpha value is -0.820. The third kappa shape index (κ3) is 5.36. The fraction of sp³-hybridized carbons (Fsp3) is 0.417. The van der Waals surface area contributed by atoms with E-state index in [2.05, 4.69) is 15.6 Å². The Bertz CT molecular complexity index is 330. The van der Waals surface area contributed by atoms with Gasteiger partial charge in [-0.1, -0.05) is 30.3 Å². The van der Waals surface area contributed by atoms with Crippen molar-refractivity contribution in [3.05, 3.63) is 35.9 Å². The molecule has 1 atom stereocenters. The van der Waals surface area contributed by atoms with Crippen LogP contribution in [0, 0.1) is 0 Å². The molecule has 1 aromatic carbocycles. The predicted octanol–water partition coefficient (Wildman–Crippen LogP) is 1.18. The molecule has 0 saturated heterocycles. The summed E-state index contributed by atoms with van der Waals surface area (Å²) in [5.74, 6) is 0.820. The van der Waals surface area contributed by atoms with Crippen LogP contribution >= 0.6 is 24.0 Å². The van der Waals surface area contributed by atoms with Gasteiger partial charge in [-0.05, 0) is 5.56 Å². The largest absolute Gasteiger partial charge is 0.396 e. The number of hydrogen-bond acceptors (Lipinski definition) is 2. The first-order valence-electron chi connectivity index (χ1n) is 5.36. The van der Waals surface area contributed by atoms with Gasteiger partial charge in [0.15, 0.2) is 5.96 Å². The van der Waals surface area contributed by atoms with Gasteiger partial charge in [-0.15, -0.1) is 24.0 Å². The van der Waals surface area contributed by atoms with E-state index in [-0.39, 0.29) is 36.5 Å². The van der Waals surface area contributed by atoms with E-state index in [1.807, 2.05) is 37.4 Å². The predicted molar refractivity (Wildman–Crippen MR) is 82.1 cm³/mol. The molecule has 1 aromatic rings. The van der Waals surface area contributed by atoms with E-state index < -0.39 is 0 Å². The summed E-state index contributed by atoms with van der Waals surface area (Å²) in [7, 11) is 3.53. The minimum atomic E-state index is 0. The van der Waals surface area contributed by atoms with E-state index in [9.17, 15) is 5.11 Å². The van der Waals surface area contributed by atoms with E-state index in [0.717, 1.165) is 11.5 Å². The van der Waals surface area contributed by atoms with Crippen LogP contribution in [0.3, 0.4) is 0 Å². The topological polar surface area (TPSA) is 56.7 Å². The second-order valence-corrected chi connectivity index (χ2v) is 3.49. The highest BCUT2D eigenvalue weighted by Crippen LogP contribution is 2.13. The lowest BCUT2D eigenvalue weighted by Gasteiger charge is -2.16. The highest BCUT2D eigenvalue weighted by Gasteiger charge is 2.09. The van der Waals surface area contributed by atoms with Gasteiger partial charge in [0.1, 0.15) is 0 Å². The van der Waals surface area contributed by atoms with Crippen LogP contribution in [0.15, 0.2) is 35.3 Å². The number of hydrogen-bond donors (Lipinski definition) is 3. The Balaban J connectivity index is 0.00000256. The molecule has 0 heterocycles. The van der Waals surface area contributed by atoms with Crippen LogP contribution < -0.4 is 10.6 Å². The SMILES string of the molecule is CN=C(NC)NCC(CO)c1ccccc1.I. The summed E-state index contributed by atoms with van der Waals surface area (Å²) in [6, 6.07) is 9.96. The lowest BCUT2D eigenvalue weighted by atomic mass is 10.0. The van der Waals surface area contributed by atoms with Crippen molar-refractivity contribution >= 4 is 29.9 Å². The van der Waals surface area contributed by atoms with Crippen molar-refractivity contribution in [2.24, 2.45) is 4.99 Å². The number of nitrogens with zero attached hydrogens (tertiary/aromatic N) is 1. The second-order valence-electron chi connectivity index (χ2n) is 3.49. The molecule has 0 aliphatic rings. The molecule has 0 aliphatic heterocycles. The summed E-state index contributed by atoms with van der Waals surface area (Å²) in [6.45, 7) is 0.783. The maximum Gasteiger partial charge on any atom is 0.190 e. The molecule has 0 saturated carbocycles. The molecule has 4 nitrogen and oxygen atoms in total. The zero-order valence-electron chi connectivity index (χ0n) is 10.2. The molecule has 3 N–H and O–H groups in total. The lowest BCUT2D eigenvalue weighted by Crippen LogP contribution is -2.37. The molecule has 0 aliphatic carbocycles. The molecular formula is C12H20IN3O. The first kappa shape index (κ1) is 16.2. The molecule has 0 amide bonds. The third-order valence-corrected chi connectivity index (χ3v) is 2.47. The van der Waals surface area contributed by atoms with Crippen molar-refractivity contribution < 1.29 is 5.11 Å². The van der Waals surface area contributed by atoms with Crippen LogP contribution in [0.4, 0.5) is 0 Å². The number of guanidine groups is 1. The van der Waals surface area contributed by atoms with Crippen molar-refractivity contribution in [2.75, 3.05) is 27.2 Å². The fourth-order valence-corrected chi connectivity index (χ4v) is 1.51. The first-order valence-corrected chi connectivity index (χ1v) is 5.36. The van der Waals surface area contributed by atoms with Gasteiger partial charge in [0.2, 0.25) is 0 Å².